The predicted molar refractivity (Wildman–Crippen MR) is 80.1 cm³/mol. The summed E-state index contributed by atoms with van der Waals surface area (Å²) in [7, 11) is 1.79. The number of methoxy groups -OCH3 is 1. The average Bonchev–Trinajstić information content (AvgIpc) is 2.74. The predicted octanol–water partition coefficient (Wildman–Crippen LogP) is 3.61. The number of halogens is 1. The van der Waals surface area contributed by atoms with E-state index in [1.165, 1.54) is 6.42 Å². The molecule has 0 amide bonds. The van der Waals surface area contributed by atoms with Crippen LogP contribution in [0.3, 0.4) is 0 Å². The van der Waals surface area contributed by atoms with Gasteiger partial charge in [0, 0.05) is 13.3 Å². The van der Waals surface area contributed by atoms with Gasteiger partial charge in [0.2, 0.25) is 0 Å². The topological polar surface area (TPSA) is 39.9 Å². The van der Waals surface area contributed by atoms with Gasteiger partial charge in [-0.15, -0.1) is 11.6 Å². The lowest BCUT2D eigenvalue weighted by Crippen LogP contribution is -2.43. The summed E-state index contributed by atoms with van der Waals surface area (Å²) in [6, 6.07) is 1.98. The van der Waals surface area contributed by atoms with Gasteiger partial charge in [0.15, 0.2) is 5.65 Å². The lowest BCUT2D eigenvalue weighted by Gasteiger charge is -2.41. The molecule has 0 N–H and O–H groups in total. The average molecular weight is 294 g/mol. The molecular formula is C15H20ClN3O. The van der Waals surface area contributed by atoms with Crippen LogP contribution >= 0.6 is 11.6 Å². The Morgan fingerprint density at radius 3 is 2.80 bits per heavy atom. The van der Waals surface area contributed by atoms with E-state index < -0.39 is 0 Å². The van der Waals surface area contributed by atoms with E-state index in [1.807, 2.05) is 19.2 Å². The maximum Gasteiger partial charge on any atom is 0.160 e. The van der Waals surface area contributed by atoms with Crippen molar-refractivity contribution in [3.05, 3.63) is 23.7 Å². The first-order valence-corrected chi connectivity index (χ1v) is 7.51. The molecule has 4 nitrogen and oxygen atoms in total. The summed E-state index contributed by atoms with van der Waals surface area (Å²) in [5, 5.41) is -0.141. The van der Waals surface area contributed by atoms with Crippen LogP contribution in [-0.2, 0) is 11.3 Å². The molecular weight excluding hydrogens is 274 g/mol. The zero-order valence-electron chi connectivity index (χ0n) is 12.2. The molecule has 20 heavy (non-hydrogen) atoms. The SMILES string of the molecule is COC1(Cn2c(C(C)Cl)nc3c(C)ccnc32)CCC1. The van der Waals surface area contributed by atoms with Gasteiger partial charge in [0.05, 0.1) is 17.5 Å². The van der Waals surface area contributed by atoms with E-state index >= 15 is 0 Å². The third kappa shape index (κ3) is 2.11. The molecule has 0 spiro atoms. The monoisotopic (exact) mass is 293 g/mol. The molecule has 108 valence electrons. The summed E-state index contributed by atoms with van der Waals surface area (Å²) >= 11 is 6.31. The highest BCUT2D eigenvalue weighted by atomic mass is 35.5. The second kappa shape index (κ2) is 5.01. The molecule has 1 unspecified atom stereocenters. The van der Waals surface area contributed by atoms with E-state index in [-0.39, 0.29) is 11.0 Å². The molecule has 0 saturated heterocycles. The lowest BCUT2D eigenvalue weighted by atomic mass is 9.80. The first-order chi connectivity index (χ1) is 9.56. The summed E-state index contributed by atoms with van der Waals surface area (Å²) < 4.78 is 7.88. The Kier molecular flexibility index (Phi) is 3.46. The fourth-order valence-electron chi connectivity index (χ4n) is 2.90. The van der Waals surface area contributed by atoms with Gasteiger partial charge >= 0.3 is 0 Å². The Balaban J connectivity index is 2.12. The van der Waals surface area contributed by atoms with Crippen LogP contribution < -0.4 is 0 Å². The van der Waals surface area contributed by atoms with E-state index in [0.717, 1.165) is 41.9 Å². The first kappa shape index (κ1) is 13.8. The highest BCUT2D eigenvalue weighted by Gasteiger charge is 2.38. The standard InChI is InChI=1S/C15H20ClN3O/c1-10-5-8-17-14-12(10)18-13(11(2)16)19(14)9-15(20-3)6-4-7-15/h5,8,11H,4,6-7,9H2,1-3H3. The highest BCUT2D eigenvalue weighted by molar-refractivity contribution is 6.20. The number of hydrogen-bond donors (Lipinski definition) is 0. The number of ether oxygens (including phenoxy) is 1. The number of pyridine rings is 1. The minimum Gasteiger partial charge on any atom is -0.376 e. The zero-order valence-corrected chi connectivity index (χ0v) is 12.9. The van der Waals surface area contributed by atoms with Gasteiger partial charge < -0.3 is 9.30 Å². The second-order valence-corrected chi connectivity index (χ2v) is 6.37. The third-order valence-corrected chi connectivity index (χ3v) is 4.56. The van der Waals surface area contributed by atoms with Gasteiger partial charge in [-0.25, -0.2) is 9.97 Å². The number of rotatable bonds is 4. The molecule has 1 fully saturated rings. The number of alkyl halides is 1. The van der Waals surface area contributed by atoms with E-state index in [2.05, 4.69) is 16.5 Å². The number of fused-ring (bicyclic) bond motifs is 1. The van der Waals surface area contributed by atoms with E-state index in [4.69, 9.17) is 21.3 Å². The molecule has 1 atom stereocenters. The van der Waals surface area contributed by atoms with Gasteiger partial charge in [-0.3, -0.25) is 0 Å². The van der Waals surface area contributed by atoms with Crippen molar-refractivity contribution in [2.75, 3.05) is 7.11 Å². The summed E-state index contributed by atoms with van der Waals surface area (Å²) in [5.41, 5.74) is 2.92. The number of hydrogen-bond acceptors (Lipinski definition) is 3. The molecule has 0 bridgehead atoms. The molecule has 3 rings (SSSR count). The third-order valence-electron chi connectivity index (χ3n) is 4.37. The van der Waals surface area contributed by atoms with Crippen LogP contribution in [-0.4, -0.2) is 27.2 Å². The molecule has 0 aromatic carbocycles. The van der Waals surface area contributed by atoms with E-state index in [0.29, 0.717) is 0 Å². The quantitative estimate of drug-likeness (QED) is 0.809. The van der Waals surface area contributed by atoms with Crippen LogP contribution in [0.15, 0.2) is 12.3 Å². The van der Waals surface area contributed by atoms with Gasteiger partial charge in [-0.2, -0.15) is 0 Å². The second-order valence-electron chi connectivity index (χ2n) is 5.71. The normalized spacial score (nSPS) is 19.0. The maximum atomic E-state index is 6.31. The molecule has 2 aromatic heterocycles. The van der Waals surface area contributed by atoms with Crippen molar-refractivity contribution < 1.29 is 4.74 Å². The minimum absolute atomic E-state index is 0.0699. The Labute approximate surface area is 124 Å². The maximum absolute atomic E-state index is 6.31. The number of aryl methyl sites for hydroxylation is 1. The van der Waals surface area contributed by atoms with Crippen LogP contribution in [0.1, 0.15) is 43.0 Å². The van der Waals surface area contributed by atoms with E-state index in [1.54, 1.807) is 7.11 Å². The molecule has 2 heterocycles. The minimum atomic E-state index is -0.141. The van der Waals surface area contributed by atoms with Crippen molar-refractivity contribution in [3.8, 4) is 0 Å². The van der Waals surface area contributed by atoms with Gasteiger partial charge in [0.25, 0.3) is 0 Å². The number of nitrogens with zero attached hydrogens (tertiary/aromatic N) is 3. The van der Waals surface area contributed by atoms with Crippen molar-refractivity contribution in [1.29, 1.82) is 0 Å². The molecule has 1 saturated carbocycles. The van der Waals surface area contributed by atoms with E-state index in [9.17, 15) is 0 Å². The first-order valence-electron chi connectivity index (χ1n) is 7.07. The number of aromatic nitrogens is 3. The smallest absolute Gasteiger partial charge is 0.160 e. The Morgan fingerprint density at radius 1 is 1.50 bits per heavy atom. The van der Waals surface area contributed by atoms with Crippen molar-refractivity contribution in [2.24, 2.45) is 0 Å². The van der Waals surface area contributed by atoms with Gasteiger partial charge in [-0.05, 0) is 44.7 Å². The van der Waals surface area contributed by atoms with Gasteiger partial charge in [0.1, 0.15) is 11.3 Å². The van der Waals surface area contributed by atoms with Crippen molar-refractivity contribution in [2.45, 2.75) is 50.6 Å². The molecule has 1 aliphatic rings. The highest BCUT2D eigenvalue weighted by Crippen LogP contribution is 2.38. The summed E-state index contributed by atoms with van der Waals surface area (Å²) in [5.74, 6) is 0.881. The van der Waals surface area contributed by atoms with Crippen molar-refractivity contribution in [3.63, 3.8) is 0 Å². The van der Waals surface area contributed by atoms with Crippen LogP contribution in [0.5, 0.6) is 0 Å². The molecule has 0 aliphatic heterocycles. The van der Waals surface area contributed by atoms with Crippen molar-refractivity contribution in [1.82, 2.24) is 14.5 Å². The molecule has 2 aromatic rings. The van der Waals surface area contributed by atoms with Gasteiger partial charge in [-0.1, -0.05) is 0 Å². The summed E-state index contributed by atoms with van der Waals surface area (Å²) in [6.45, 7) is 4.79. The van der Waals surface area contributed by atoms with Crippen LogP contribution in [0.2, 0.25) is 0 Å². The lowest BCUT2D eigenvalue weighted by molar-refractivity contribution is -0.0833. The van der Waals surface area contributed by atoms with Crippen LogP contribution in [0.4, 0.5) is 0 Å². The molecule has 5 heteroatoms. The summed E-state index contributed by atoms with van der Waals surface area (Å²) in [6.07, 6.45) is 5.23. The zero-order chi connectivity index (χ0) is 14.3. The Morgan fingerprint density at radius 2 is 2.25 bits per heavy atom. The molecule has 1 aliphatic carbocycles. The van der Waals surface area contributed by atoms with Crippen LogP contribution in [0.25, 0.3) is 11.2 Å². The Hall–Kier alpha value is -1.13. The largest absolute Gasteiger partial charge is 0.376 e. The Bertz CT molecular complexity index is 626. The van der Waals surface area contributed by atoms with Crippen molar-refractivity contribution >= 4 is 22.8 Å². The number of imidazole rings is 1. The summed E-state index contributed by atoms with van der Waals surface area (Å²) in [4.78, 5) is 9.21. The fourth-order valence-corrected chi connectivity index (χ4v) is 3.07. The van der Waals surface area contributed by atoms with Crippen LogP contribution in [0, 0.1) is 6.92 Å². The molecule has 0 radical (unpaired) electrons. The fraction of sp³-hybridized carbons (Fsp3) is 0.600.